The summed E-state index contributed by atoms with van der Waals surface area (Å²) in [5.41, 5.74) is 5.11. The van der Waals surface area contributed by atoms with Crippen molar-refractivity contribution < 1.29 is 39.5 Å². The molecule has 1 unspecified atom stereocenters. The van der Waals surface area contributed by atoms with Crippen molar-refractivity contribution in [1.82, 2.24) is 0 Å². The Balaban J connectivity index is -0.000000308. The number of aliphatic hydroxyl groups is 3. The highest BCUT2D eigenvalue weighted by Gasteiger charge is 2.18. The van der Waals surface area contributed by atoms with Gasteiger partial charge in [0.1, 0.15) is 11.9 Å². The number of hydrogen-bond acceptors (Lipinski definition) is 8. The molecule has 0 spiro atoms. The molecule has 2 rings (SSSR count). The largest absolute Gasteiger partial charge is 0.481 e. The van der Waals surface area contributed by atoms with Gasteiger partial charge in [-0.2, -0.15) is 0 Å². The minimum absolute atomic E-state index is 0.0486. The van der Waals surface area contributed by atoms with Gasteiger partial charge in [0.05, 0.1) is 26.2 Å². The van der Waals surface area contributed by atoms with E-state index in [1.54, 1.807) is 0 Å². The van der Waals surface area contributed by atoms with Gasteiger partial charge in [-0.15, -0.1) is 0 Å². The predicted octanol–water partition coefficient (Wildman–Crippen LogP) is 1.65. The van der Waals surface area contributed by atoms with Gasteiger partial charge in [0.2, 0.25) is 0 Å². The van der Waals surface area contributed by atoms with Crippen molar-refractivity contribution in [2.24, 2.45) is 11.7 Å². The number of aliphatic hydroxyl groups excluding tert-OH is 3. The summed E-state index contributed by atoms with van der Waals surface area (Å²) in [4.78, 5) is 30.3. The van der Waals surface area contributed by atoms with Crippen LogP contribution in [0.1, 0.15) is 79.1 Å². The van der Waals surface area contributed by atoms with Gasteiger partial charge in [0, 0.05) is 25.2 Å². The van der Waals surface area contributed by atoms with Crippen LogP contribution in [0.3, 0.4) is 0 Å². The van der Waals surface area contributed by atoms with Crippen LogP contribution in [0.4, 0.5) is 0 Å². The van der Waals surface area contributed by atoms with Crippen molar-refractivity contribution in [1.29, 1.82) is 0 Å². The van der Waals surface area contributed by atoms with Gasteiger partial charge < -0.3 is 30.9 Å². The molecule has 180 valence electrons. The fourth-order valence-electron chi connectivity index (χ4n) is 1.86. The topological polar surface area (TPSA) is 167 Å². The molecule has 0 aromatic rings. The number of aliphatic carboxylic acids is 1. The first kappa shape index (κ1) is 33.1. The molecule has 0 bridgehead atoms. The van der Waals surface area contributed by atoms with Crippen molar-refractivity contribution in [2.75, 3.05) is 19.8 Å². The molecule has 1 saturated heterocycles. The van der Waals surface area contributed by atoms with Crippen LogP contribution in [0.15, 0.2) is 0 Å². The Labute approximate surface area is 180 Å². The number of ether oxygens (including phenoxy) is 1. The molecule has 0 aromatic heterocycles. The number of hydrogen-bond donors (Lipinski definition) is 5. The monoisotopic (exact) mass is 437 g/mol. The summed E-state index contributed by atoms with van der Waals surface area (Å²) >= 11 is 0. The lowest BCUT2D eigenvalue weighted by Crippen LogP contribution is -2.15. The second-order valence-electron chi connectivity index (χ2n) is 7.50. The maximum Gasteiger partial charge on any atom is 0.306 e. The zero-order valence-electron chi connectivity index (χ0n) is 19.0. The molecule has 1 atom stereocenters. The molecule has 1 heterocycles. The molecule has 9 nitrogen and oxygen atoms in total. The Bertz CT molecular complexity index is 407. The second-order valence-corrected chi connectivity index (χ2v) is 7.50. The third-order valence-corrected chi connectivity index (χ3v) is 3.34. The van der Waals surface area contributed by atoms with Crippen molar-refractivity contribution in [3.63, 3.8) is 0 Å². The minimum atomic E-state index is -0.954. The number of carboxylic acids is 1. The van der Waals surface area contributed by atoms with Crippen molar-refractivity contribution in [3.8, 4) is 0 Å². The summed E-state index contributed by atoms with van der Waals surface area (Å²) in [7, 11) is 0. The zero-order valence-corrected chi connectivity index (χ0v) is 19.0. The van der Waals surface area contributed by atoms with E-state index in [0.717, 1.165) is 32.1 Å². The molecule has 9 heteroatoms. The van der Waals surface area contributed by atoms with Crippen LogP contribution >= 0.6 is 0 Å². The van der Waals surface area contributed by atoms with E-state index in [1.165, 1.54) is 6.42 Å². The Kier molecular flexibility index (Phi) is 26.2. The van der Waals surface area contributed by atoms with E-state index in [1.807, 2.05) is 27.7 Å². The molecule has 1 saturated carbocycles. The predicted molar refractivity (Wildman–Crippen MR) is 115 cm³/mol. The molecular weight excluding hydrogens is 394 g/mol. The lowest BCUT2D eigenvalue weighted by atomic mass is 10.00. The van der Waals surface area contributed by atoms with Crippen molar-refractivity contribution in [3.05, 3.63) is 0 Å². The molecule has 0 aromatic carbocycles. The van der Waals surface area contributed by atoms with Gasteiger partial charge in [0.15, 0.2) is 0 Å². The molecule has 2 fully saturated rings. The zero-order chi connectivity index (χ0) is 23.9. The summed E-state index contributed by atoms with van der Waals surface area (Å²) < 4.78 is 4.63. The highest BCUT2D eigenvalue weighted by Crippen LogP contribution is 2.12. The Morgan fingerprint density at radius 1 is 1.13 bits per heavy atom. The Morgan fingerprint density at radius 2 is 1.60 bits per heavy atom. The molecule has 0 amide bonds. The standard InChI is InChI=1S/C6H10O.C5H8O2.C4H8O2.C3H9N.C3H8O3/c7-6-4-2-1-3-5-6;1-4-2-5(6)7-3-4;1-2-3-4(5)6;1-3(2)4;4-1-3(6)2-5/h1-5H2;4H,2-3H2,1H3;2-3H2,1H3,(H,5,6);3H,4H2,1-2H3;3-6H,1-2H2. The number of ketones is 1. The molecule has 2 aliphatic rings. The summed E-state index contributed by atoms with van der Waals surface area (Å²) in [5, 5.41) is 31.9. The maximum atomic E-state index is 10.5. The first-order valence-corrected chi connectivity index (χ1v) is 10.5. The van der Waals surface area contributed by atoms with E-state index in [4.69, 9.17) is 26.2 Å². The molecular formula is C21H43NO8. The average Bonchev–Trinajstić information content (AvgIpc) is 3.05. The average molecular weight is 438 g/mol. The number of carboxylic acid groups (broad SMARTS) is 1. The Morgan fingerprint density at radius 3 is 1.70 bits per heavy atom. The first-order valence-electron chi connectivity index (χ1n) is 10.5. The molecule has 1 aliphatic carbocycles. The number of esters is 1. The van der Waals surface area contributed by atoms with Gasteiger partial charge in [-0.05, 0) is 25.3 Å². The van der Waals surface area contributed by atoms with Crippen LogP contribution in [0.2, 0.25) is 0 Å². The number of carbonyl (C=O) groups is 3. The van der Waals surface area contributed by atoms with Crippen molar-refractivity contribution >= 4 is 17.7 Å². The van der Waals surface area contributed by atoms with Gasteiger partial charge in [-0.25, -0.2) is 0 Å². The van der Waals surface area contributed by atoms with E-state index in [9.17, 15) is 14.4 Å². The van der Waals surface area contributed by atoms with Crippen LogP contribution in [0.5, 0.6) is 0 Å². The number of nitrogens with two attached hydrogens (primary N) is 1. The quantitative estimate of drug-likeness (QED) is 0.411. The van der Waals surface area contributed by atoms with Crippen molar-refractivity contribution in [2.45, 2.75) is 91.2 Å². The van der Waals surface area contributed by atoms with E-state index in [0.29, 0.717) is 37.2 Å². The summed E-state index contributed by atoms with van der Waals surface area (Å²) in [6, 6.07) is 0.333. The highest BCUT2D eigenvalue weighted by atomic mass is 16.5. The summed E-state index contributed by atoms with van der Waals surface area (Å²) in [6.07, 6.45) is 5.92. The highest BCUT2D eigenvalue weighted by molar-refractivity contribution is 5.78. The third kappa shape index (κ3) is 34.0. The van der Waals surface area contributed by atoms with E-state index in [2.05, 4.69) is 4.74 Å². The molecule has 1 aliphatic heterocycles. The van der Waals surface area contributed by atoms with Gasteiger partial charge in [-0.3, -0.25) is 14.4 Å². The third-order valence-electron chi connectivity index (χ3n) is 3.34. The van der Waals surface area contributed by atoms with Crippen LogP contribution < -0.4 is 5.73 Å². The minimum Gasteiger partial charge on any atom is -0.481 e. The normalized spacial score (nSPS) is 17.2. The smallest absolute Gasteiger partial charge is 0.306 e. The summed E-state index contributed by atoms with van der Waals surface area (Å²) in [6.45, 7) is 7.63. The second kappa shape index (κ2) is 23.7. The van der Waals surface area contributed by atoms with E-state index >= 15 is 0 Å². The SMILES string of the molecule is CC(C)N.CC1COC(=O)C1.CCCC(=O)O.O=C1CCCCC1.OCC(O)CO. The number of carbonyl (C=O) groups excluding carboxylic acids is 2. The Hall–Kier alpha value is -1.55. The van der Waals surface area contributed by atoms with Crippen LogP contribution in [0.25, 0.3) is 0 Å². The van der Waals surface area contributed by atoms with Gasteiger partial charge in [0.25, 0.3) is 0 Å². The molecule has 6 N–H and O–H groups in total. The lowest BCUT2D eigenvalue weighted by molar-refractivity contribution is -0.138. The first-order chi connectivity index (χ1) is 14.0. The number of cyclic esters (lactones) is 1. The van der Waals surface area contributed by atoms with E-state index in [-0.39, 0.29) is 19.2 Å². The van der Waals surface area contributed by atoms with Crippen LogP contribution in [0, 0.1) is 5.92 Å². The fraction of sp³-hybridized carbons (Fsp3) is 0.857. The number of rotatable bonds is 4. The molecule has 30 heavy (non-hydrogen) atoms. The maximum absolute atomic E-state index is 10.5. The van der Waals surface area contributed by atoms with Gasteiger partial charge in [-0.1, -0.05) is 34.1 Å². The van der Waals surface area contributed by atoms with Crippen LogP contribution in [-0.2, 0) is 19.1 Å². The fourth-order valence-corrected chi connectivity index (χ4v) is 1.86. The lowest BCUT2D eigenvalue weighted by Gasteiger charge is -2.05. The molecule has 0 radical (unpaired) electrons. The summed E-state index contributed by atoms with van der Waals surface area (Å²) in [5.74, 6) is 0.156. The van der Waals surface area contributed by atoms with Crippen LogP contribution in [-0.4, -0.2) is 70.1 Å². The number of Topliss-reactive ketones (excluding diaryl/α,β-unsaturated/α-hetero) is 1. The van der Waals surface area contributed by atoms with E-state index < -0.39 is 12.1 Å². The van der Waals surface area contributed by atoms with Gasteiger partial charge >= 0.3 is 11.9 Å².